The summed E-state index contributed by atoms with van der Waals surface area (Å²) in [7, 11) is 0. The third kappa shape index (κ3) is 3.49. The van der Waals surface area contributed by atoms with Crippen molar-refractivity contribution in [3.8, 4) is 0 Å². The molecule has 0 aliphatic carbocycles. The van der Waals surface area contributed by atoms with Crippen LogP contribution in [0.2, 0.25) is 0 Å². The van der Waals surface area contributed by atoms with Gasteiger partial charge in [0.2, 0.25) is 5.91 Å². The van der Waals surface area contributed by atoms with Crippen LogP contribution in [-0.2, 0) is 14.3 Å². The van der Waals surface area contributed by atoms with E-state index in [-0.39, 0.29) is 11.8 Å². The maximum Gasteiger partial charge on any atom is 0.410 e. The highest BCUT2D eigenvalue weighted by Gasteiger charge is 2.54. The van der Waals surface area contributed by atoms with Crippen molar-refractivity contribution < 1.29 is 24.2 Å². The number of hydrogen-bond acceptors (Lipinski definition) is 4. The number of carboxylic acid groups (broad SMARTS) is 1. The summed E-state index contributed by atoms with van der Waals surface area (Å²) in [6.45, 7) is 10.2. The van der Waals surface area contributed by atoms with E-state index < -0.39 is 29.1 Å². The summed E-state index contributed by atoms with van der Waals surface area (Å²) in [4.78, 5) is 39.7. The SMILES string of the molecule is CC(C)[C@@H](C(=O)O)N1CC[C@]2(CCN(C(=O)OC(C)(C)C)C2)C1=O. The molecule has 0 aromatic heterocycles. The second-order valence-corrected chi connectivity index (χ2v) is 8.21. The van der Waals surface area contributed by atoms with Crippen molar-refractivity contribution in [2.24, 2.45) is 11.3 Å². The molecule has 1 N–H and O–H groups in total. The van der Waals surface area contributed by atoms with Gasteiger partial charge in [0.25, 0.3) is 0 Å². The number of hydrogen-bond donors (Lipinski definition) is 1. The predicted octanol–water partition coefficient (Wildman–Crippen LogP) is 1.96. The van der Waals surface area contributed by atoms with Crippen LogP contribution >= 0.6 is 0 Å². The van der Waals surface area contributed by atoms with E-state index in [9.17, 15) is 19.5 Å². The number of aliphatic carboxylic acids is 1. The minimum absolute atomic E-state index is 0.144. The van der Waals surface area contributed by atoms with Crippen molar-refractivity contribution >= 4 is 18.0 Å². The van der Waals surface area contributed by atoms with Crippen LogP contribution in [0.5, 0.6) is 0 Å². The lowest BCUT2D eigenvalue weighted by molar-refractivity contribution is -0.152. The maximum absolute atomic E-state index is 12.9. The van der Waals surface area contributed by atoms with Crippen molar-refractivity contribution in [1.29, 1.82) is 0 Å². The molecule has 2 saturated heterocycles. The number of amides is 2. The molecule has 2 atom stereocenters. The van der Waals surface area contributed by atoms with Crippen LogP contribution in [0.15, 0.2) is 0 Å². The van der Waals surface area contributed by atoms with Crippen LogP contribution < -0.4 is 0 Å². The highest BCUT2D eigenvalue weighted by Crippen LogP contribution is 2.42. The van der Waals surface area contributed by atoms with E-state index in [0.717, 1.165) is 0 Å². The third-order valence-electron chi connectivity index (χ3n) is 4.77. The topological polar surface area (TPSA) is 87.2 Å². The quantitative estimate of drug-likeness (QED) is 0.848. The fourth-order valence-corrected chi connectivity index (χ4v) is 3.62. The van der Waals surface area contributed by atoms with Gasteiger partial charge in [-0.25, -0.2) is 9.59 Å². The lowest BCUT2D eigenvalue weighted by Crippen LogP contribution is -2.48. The number of ether oxygens (including phenoxy) is 1. The van der Waals surface area contributed by atoms with E-state index in [1.54, 1.807) is 39.5 Å². The van der Waals surface area contributed by atoms with E-state index in [1.807, 2.05) is 0 Å². The number of carboxylic acids is 1. The van der Waals surface area contributed by atoms with Gasteiger partial charge in [-0.2, -0.15) is 0 Å². The fourth-order valence-electron chi connectivity index (χ4n) is 3.62. The minimum atomic E-state index is -0.975. The van der Waals surface area contributed by atoms with E-state index in [2.05, 4.69) is 0 Å². The van der Waals surface area contributed by atoms with Gasteiger partial charge in [-0.05, 0) is 39.5 Å². The monoisotopic (exact) mass is 340 g/mol. The van der Waals surface area contributed by atoms with Gasteiger partial charge >= 0.3 is 12.1 Å². The zero-order valence-corrected chi connectivity index (χ0v) is 15.2. The lowest BCUT2D eigenvalue weighted by Gasteiger charge is -2.30. The van der Waals surface area contributed by atoms with Crippen molar-refractivity contribution in [3.05, 3.63) is 0 Å². The summed E-state index contributed by atoms with van der Waals surface area (Å²) in [5.74, 6) is -1.28. The number of carbonyl (C=O) groups is 3. The van der Waals surface area contributed by atoms with E-state index >= 15 is 0 Å². The molecule has 7 heteroatoms. The van der Waals surface area contributed by atoms with Gasteiger partial charge in [-0.3, -0.25) is 4.79 Å². The molecule has 136 valence electrons. The molecule has 0 radical (unpaired) electrons. The first-order valence-electron chi connectivity index (χ1n) is 8.49. The van der Waals surface area contributed by atoms with Crippen LogP contribution in [0.4, 0.5) is 4.79 Å². The van der Waals surface area contributed by atoms with Crippen LogP contribution in [0, 0.1) is 11.3 Å². The van der Waals surface area contributed by atoms with E-state index in [1.165, 1.54) is 4.90 Å². The largest absolute Gasteiger partial charge is 0.480 e. The zero-order valence-electron chi connectivity index (χ0n) is 15.2. The summed E-state index contributed by atoms with van der Waals surface area (Å²) in [5.41, 5.74) is -1.23. The number of likely N-dealkylation sites (tertiary alicyclic amines) is 2. The third-order valence-corrected chi connectivity index (χ3v) is 4.77. The molecule has 2 aliphatic rings. The number of carbonyl (C=O) groups excluding carboxylic acids is 2. The lowest BCUT2D eigenvalue weighted by atomic mass is 9.85. The summed E-state index contributed by atoms with van der Waals surface area (Å²) in [6.07, 6.45) is 0.734. The molecule has 0 unspecified atom stereocenters. The predicted molar refractivity (Wildman–Crippen MR) is 87.4 cm³/mol. The molecule has 0 bridgehead atoms. The van der Waals surface area contributed by atoms with E-state index in [0.29, 0.717) is 32.5 Å². The smallest absolute Gasteiger partial charge is 0.410 e. The molecular weight excluding hydrogens is 312 g/mol. The highest BCUT2D eigenvalue weighted by molar-refractivity contribution is 5.90. The van der Waals surface area contributed by atoms with Gasteiger partial charge in [0.05, 0.1) is 5.41 Å². The normalized spacial score (nSPS) is 25.7. The highest BCUT2D eigenvalue weighted by atomic mass is 16.6. The van der Waals surface area contributed by atoms with Crippen molar-refractivity contribution in [2.75, 3.05) is 19.6 Å². The Morgan fingerprint density at radius 3 is 2.29 bits per heavy atom. The first-order valence-corrected chi connectivity index (χ1v) is 8.49. The molecule has 2 amide bonds. The summed E-state index contributed by atoms with van der Waals surface area (Å²) in [5, 5.41) is 9.44. The van der Waals surface area contributed by atoms with Crippen molar-refractivity contribution in [3.63, 3.8) is 0 Å². The zero-order chi connectivity index (χ0) is 18.3. The van der Waals surface area contributed by atoms with Crippen LogP contribution in [-0.4, -0.2) is 64.2 Å². The Kier molecular flexibility index (Phi) is 4.84. The first-order chi connectivity index (χ1) is 11.0. The molecule has 1 spiro atoms. The van der Waals surface area contributed by atoms with Gasteiger partial charge in [0, 0.05) is 19.6 Å². The summed E-state index contributed by atoms with van der Waals surface area (Å²) < 4.78 is 5.38. The van der Waals surface area contributed by atoms with Gasteiger partial charge in [-0.15, -0.1) is 0 Å². The molecule has 24 heavy (non-hydrogen) atoms. The average molecular weight is 340 g/mol. The molecule has 0 aromatic rings. The molecule has 2 heterocycles. The van der Waals surface area contributed by atoms with Gasteiger partial charge < -0.3 is 19.6 Å². The fraction of sp³-hybridized carbons (Fsp3) is 0.824. The second-order valence-electron chi connectivity index (χ2n) is 8.21. The van der Waals surface area contributed by atoms with Crippen LogP contribution in [0.3, 0.4) is 0 Å². The Morgan fingerprint density at radius 1 is 1.21 bits per heavy atom. The molecule has 2 aliphatic heterocycles. The van der Waals surface area contributed by atoms with Gasteiger partial charge in [0.15, 0.2) is 0 Å². The van der Waals surface area contributed by atoms with Crippen LogP contribution in [0.1, 0.15) is 47.5 Å². The molecule has 0 aromatic carbocycles. The Balaban J connectivity index is 2.10. The Morgan fingerprint density at radius 2 is 1.79 bits per heavy atom. The Hall–Kier alpha value is -1.79. The maximum atomic E-state index is 12.9. The summed E-state index contributed by atoms with van der Waals surface area (Å²) >= 11 is 0. The van der Waals surface area contributed by atoms with Gasteiger partial charge in [-0.1, -0.05) is 13.8 Å². The van der Waals surface area contributed by atoms with Crippen molar-refractivity contribution in [2.45, 2.75) is 59.1 Å². The second kappa shape index (κ2) is 6.26. The number of nitrogens with zero attached hydrogens (tertiary/aromatic N) is 2. The Bertz CT molecular complexity index is 540. The molecule has 0 saturated carbocycles. The molecule has 2 fully saturated rings. The first kappa shape index (κ1) is 18.5. The van der Waals surface area contributed by atoms with E-state index in [4.69, 9.17) is 4.74 Å². The van der Waals surface area contributed by atoms with Gasteiger partial charge in [0.1, 0.15) is 11.6 Å². The Labute approximate surface area is 142 Å². The molecular formula is C17H28N2O5. The van der Waals surface area contributed by atoms with Crippen molar-refractivity contribution in [1.82, 2.24) is 9.80 Å². The standard InChI is InChI=1S/C17H28N2O5/c1-11(2)12(13(20)21)19-9-7-17(14(19)22)6-8-18(10-17)15(23)24-16(3,4)5/h11-12H,6-10H2,1-5H3,(H,20,21)/t12-,17-/m0/s1. The average Bonchev–Trinajstić information content (AvgIpc) is 2.97. The molecule has 7 nitrogen and oxygen atoms in total. The number of rotatable bonds is 3. The minimum Gasteiger partial charge on any atom is -0.480 e. The van der Waals surface area contributed by atoms with Crippen LogP contribution in [0.25, 0.3) is 0 Å². The summed E-state index contributed by atoms with van der Waals surface area (Å²) in [6, 6.07) is -0.813. The molecule has 2 rings (SSSR count).